The van der Waals surface area contributed by atoms with Gasteiger partial charge < -0.3 is 4.90 Å². The molecule has 3 atom stereocenters. The predicted octanol–water partition coefficient (Wildman–Crippen LogP) is 3.82. The minimum absolute atomic E-state index is 0.108. The fourth-order valence-electron chi connectivity index (χ4n) is 4.75. The van der Waals surface area contributed by atoms with Crippen molar-refractivity contribution >= 4 is 28.5 Å². The van der Waals surface area contributed by atoms with E-state index in [1.165, 1.54) is 15.7 Å². The van der Waals surface area contributed by atoms with Crippen molar-refractivity contribution in [3.05, 3.63) is 62.7 Å². The zero-order chi connectivity index (χ0) is 23.2. The molecule has 0 aliphatic carbocycles. The molecule has 1 aliphatic heterocycles. The van der Waals surface area contributed by atoms with Crippen LogP contribution in [0.4, 0.5) is 5.82 Å². The number of aromatic nitrogens is 3. The maximum Gasteiger partial charge on any atom is 0.349 e. The van der Waals surface area contributed by atoms with Gasteiger partial charge in [0.15, 0.2) is 5.82 Å². The van der Waals surface area contributed by atoms with E-state index in [9.17, 15) is 10.1 Å². The van der Waals surface area contributed by atoms with Crippen LogP contribution in [0.2, 0.25) is 5.02 Å². The Morgan fingerprint density at radius 2 is 1.91 bits per heavy atom. The van der Waals surface area contributed by atoms with E-state index in [0.717, 1.165) is 11.6 Å². The second-order valence-electron chi connectivity index (χ2n) is 8.68. The van der Waals surface area contributed by atoms with E-state index in [0.29, 0.717) is 29.1 Å². The average Bonchev–Trinajstić information content (AvgIpc) is 2.77. The number of pyridine rings is 1. The first kappa shape index (κ1) is 22.3. The minimum Gasteiger partial charge on any atom is -0.349 e. The molecule has 0 N–H and O–H groups in total. The number of piperazine rings is 1. The van der Waals surface area contributed by atoms with Crippen LogP contribution >= 0.6 is 11.6 Å². The molecule has 4 rings (SSSR count). The summed E-state index contributed by atoms with van der Waals surface area (Å²) >= 11 is 6.16. The summed E-state index contributed by atoms with van der Waals surface area (Å²) in [6.45, 7) is 10.2. The second kappa shape index (κ2) is 8.53. The quantitative estimate of drug-likeness (QED) is 0.603. The molecule has 0 amide bonds. The van der Waals surface area contributed by atoms with Crippen LogP contribution in [0.15, 0.2) is 35.1 Å². The molecule has 1 saturated heterocycles. The van der Waals surface area contributed by atoms with Gasteiger partial charge in [0.2, 0.25) is 0 Å². The van der Waals surface area contributed by atoms with Gasteiger partial charge in [-0.3, -0.25) is 9.47 Å². The van der Waals surface area contributed by atoms with Crippen LogP contribution in [0, 0.1) is 18.3 Å². The van der Waals surface area contributed by atoms with Gasteiger partial charge in [-0.25, -0.2) is 9.78 Å². The van der Waals surface area contributed by atoms with Gasteiger partial charge >= 0.3 is 5.69 Å². The first-order valence-corrected chi connectivity index (χ1v) is 11.2. The molecule has 32 heavy (non-hydrogen) atoms. The molecule has 1 fully saturated rings. The molecule has 3 heterocycles. The monoisotopic (exact) mass is 450 g/mol. The third-order valence-electron chi connectivity index (χ3n) is 6.54. The molecular weight excluding hydrogens is 424 g/mol. The number of fused-ring (bicyclic) bond motifs is 1. The summed E-state index contributed by atoms with van der Waals surface area (Å²) in [7, 11) is 1.68. The molecule has 166 valence electrons. The van der Waals surface area contributed by atoms with Crippen molar-refractivity contribution in [2.75, 3.05) is 18.0 Å². The molecule has 2 aromatic heterocycles. The molecule has 3 aromatic rings. The van der Waals surface area contributed by atoms with Gasteiger partial charge in [-0.1, -0.05) is 17.7 Å². The Labute approximate surface area is 192 Å². The predicted molar refractivity (Wildman–Crippen MR) is 127 cm³/mol. The van der Waals surface area contributed by atoms with Crippen molar-refractivity contribution in [2.45, 2.75) is 45.8 Å². The summed E-state index contributed by atoms with van der Waals surface area (Å²) in [5, 5.41) is 10.1. The fourth-order valence-corrected chi connectivity index (χ4v) is 4.97. The summed E-state index contributed by atoms with van der Waals surface area (Å²) in [6.07, 6.45) is 0. The lowest BCUT2D eigenvalue weighted by atomic mass is 9.97. The minimum atomic E-state index is -0.327. The molecule has 1 aliphatic rings. The van der Waals surface area contributed by atoms with E-state index in [-0.39, 0.29) is 23.8 Å². The summed E-state index contributed by atoms with van der Waals surface area (Å²) in [6, 6.07) is 12.1. The normalized spacial score (nSPS) is 20.3. The summed E-state index contributed by atoms with van der Waals surface area (Å²) in [4.78, 5) is 26.1. The molecule has 1 unspecified atom stereocenters. The van der Waals surface area contributed by atoms with Gasteiger partial charge in [0.25, 0.3) is 0 Å². The molecule has 0 radical (unpaired) electrons. The Balaban J connectivity index is 1.70. The van der Waals surface area contributed by atoms with Crippen LogP contribution in [0.25, 0.3) is 11.0 Å². The third kappa shape index (κ3) is 3.85. The molecule has 0 bridgehead atoms. The van der Waals surface area contributed by atoms with Crippen molar-refractivity contribution in [1.82, 2.24) is 19.4 Å². The van der Waals surface area contributed by atoms with Gasteiger partial charge in [0, 0.05) is 43.3 Å². The topological polar surface area (TPSA) is 78.0 Å². The van der Waals surface area contributed by atoms with Crippen molar-refractivity contribution in [2.24, 2.45) is 7.05 Å². The highest BCUT2D eigenvalue weighted by Crippen LogP contribution is 2.33. The van der Waals surface area contributed by atoms with E-state index < -0.39 is 0 Å². The molecular formula is C24H27ClN6O. The highest BCUT2D eigenvalue weighted by Gasteiger charge is 2.34. The standard InChI is InChI=1S/C24H27ClN6O/c1-14-10-18(25)6-8-20(14)17(4)30-12-16(3)31(13-15(30)2)23-22-21(29(5)24(32)28-23)9-7-19(11-26)27-22/h6-10,15-17H,12-13H2,1-5H3/t15-,16+,17?/m1/s1. The number of hydrogen-bond acceptors (Lipinski definition) is 6. The number of anilines is 1. The molecule has 7 nitrogen and oxygen atoms in total. The second-order valence-corrected chi connectivity index (χ2v) is 9.11. The Hall–Kier alpha value is -2.95. The summed E-state index contributed by atoms with van der Waals surface area (Å²) in [5.41, 5.74) is 3.68. The Bertz CT molecular complexity index is 1280. The smallest absolute Gasteiger partial charge is 0.349 e. The number of nitriles is 1. The van der Waals surface area contributed by atoms with Crippen LogP contribution in [0.3, 0.4) is 0 Å². The molecule has 0 spiro atoms. The first-order valence-electron chi connectivity index (χ1n) is 10.8. The molecule has 1 aromatic carbocycles. The highest BCUT2D eigenvalue weighted by molar-refractivity contribution is 6.30. The van der Waals surface area contributed by atoms with E-state index in [4.69, 9.17) is 11.6 Å². The van der Waals surface area contributed by atoms with Crippen LogP contribution in [0.5, 0.6) is 0 Å². The van der Waals surface area contributed by atoms with E-state index >= 15 is 0 Å². The Morgan fingerprint density at radius 1 is 1.16 bits per heavy atom. The van der Waals surface area contributed by atoms with Gasteiger partial charge in [-0.2, -0.15) is 10.2 Å². The van der Waals surface area contributed by atoms with E-state index in [1.807, 2.05) is 12.1 Å². The van der Waals surface area contributed by atoms with Crippen molar-refractivity contribution < 1.29 is 0 Å². The highest BCUT2D eigenvalue weighted by atomic mass is 35.5. The Kier molecular flexibility index (Phi) is 5.93. The van der Waals surface area contributed by atoms with Crippen molar-refractivity contribution in [3.63, 3.8) is 0 Å². The van der Waals surface area contributed by atoms with Gasteiger partial charge in [-0.05, 0) is 63.1 Å². The van der Waals surface area contributed by atoms with Crippen LogP contribution in [-0.4, -0.2) is 44.6 Å². The van der Waals surface area contributed by atoms with Gasteiger partial charge in [-0.15, -0.1) is 0 Å². The van der Waals surface area contributed by atoms with Gasteiger partial charge in [0.1, 0.15) is 17.3 Å². The summed E-state index contributed by atoms with van der Waals surface area (Å²) in [5.74, 6) is 0.550. The lowest BCUT2D eigenvalue weighted by molar-refractivity contribution is 0.119. The van der Waals surface area contributed by atoms with E-state index in [2.05, 4.69) is 59.6 Å². The van der Waals surface area contributed by atoms with Crippen molar-refractivity contribution in [1.29, 1.82) is 5.26 Å². The lowest BCUT2D eigenvalue weighted by Crippen LogP contribution is -2.57. The van der Waals surface area contributed by atoms with Crippen LogP contribution in [0.1, 0.15) is 43.6 Å². The summed E-state index contributed by atoms with van der Waals surface area (Å²) < 4.78 is 1.47. The van der Waals surface area contributed by atoms with Crippen LogP contribution < -0.4 is 10.6 Å². The largest absolute Gasteiger partial charge is 0.349 e. The number of hydrogen-bond donors (Lipinski definition) is 0. The number of benzene rings is 1. The first-order chi connectivity index (χ1) is 15.2. The van der Waals surface area contributed by atoms with Crippen LogP contribution in [-0.2, 0) is 7.05 Å². The maximum absolute atomic E-state index is 12.6. The zero-order valence-electron chi connectivity index (χ0n) is 19.0. The molecule has 0 saturated carbocycles. The Morgan fingerprint density at radius 3 is 2.59 bits per heavy atom. The number of rotatable bonds is 3. The number of nitrogens with zero attached hydrogens (tertiary/aromatic N) is 6. The SMILES string of the molecule is Cc1cc(Cl)ccc1C(C)N1C[C@H](C)N(c2nc(=O)n(C)c3ccc(C#N)nc23)C[C@H]1C. The number of halogens is 1. The average molecular weight is 451 g/mol. The fraction of sp³-hybridized carbons (Fsp3) is 0.417. The van der Waals surface area contributed by atoms with Gasteiger partial charge in [0.05, 0.1) is 5.52 Å². The van der Waals surface area contributed by atoms with Crippen molar-refractivity contribution in [3.8, 4) is 6.07 Å². The maximum atomic E-state index is 12.6. The van der Waals surface area contributed by atoms with E-state index in [1.54, 1.807) is 19.2 Å². The number of aryl methyl sites for hydroxylation is 2. The molecule has 8 heteroatoms. The third-order valence-corrected chi connectivity index (χ3v) is 6.77. The zero-order valence-corrected chi connectivity index (χ0v) is 19.8. The lowest BCUT2D eigenvalue weighted by Gasteiger charge is -2.47.